The molecular weight excluding hydrogens is 274 g/mol. The van der Waals surface area contributed by atoms with Gasteiger partial charge in [0.2, 0.25) is 5.91 Å². The predicted molar refractivity (Wildman–Crippen MR) is 78.6 cm³/mol. The Kier molecular flexibility index (Phi) is 4.95. The van der Waals surface area contributed by atoms with Crippen molar-refractivity contribution in [3.8, 4) is 0 Å². The summed E-state index contributed by atoms with van der Waals surface area (Å²) in [6.45, 7) is 1.95. The van der Waals surface area contributed by atoms with Crippen LogP contribution in [0.25, 0.3) is 0 Å². The number of carboxylic acids is 1. The van der Waals surface area contributed by atoms with E-state index in [1.807, 2.05) is 36.6 Å². The molecule has 4 nitrogen and oxygen atoms in total. The highest BCUT2D eigenvalue weighted by atomic mass is 32.1. The lowest BCUT2D eigenvalue weighted by atomic mass is 9.82. The van der Waals surface area contributed by atoms with Gasteiger partial charge in [0.25, 0.3) is 0 Å². The second-order valence-corrected chi connectivity index (χ2v) is 6.22. The topological polar surface area (TPSA) is 66.4 Å². The molecule has 0 aromatic carbocycles. The van der Waals surface area contributed by atoms with Crippen LogP contribution in [0.15, 0.2) is 29.7 Å². The van der Waals surface area contributed by atoms with E-state index >= 15 is 0 Å². The van der Waals surface area contributed by atoms with Crippen molar-refractivity contribution in [2.45, 2.75) is 32.2 Å². The summed E-state index contributed by atoms with van der Waals surface area (Å²) in [5, 5.41) is 14.1. The lowest BCUT2D eigenvalue weighted by Gasteiger charge is -2.25. The number of hydrogen-bond donors (Lipinski definition) is 2. The van der Waals surface area contributed by atoms with Gasteiger partial charge in [-0.3, -0.25) is 9.59 Å². The number of carbonyl (C=O) groups is 2. The molecule has 1 aliphatic rings. The standard InChI is InChI=1S/C15H19NO3S/c1-10(9-11-5-4-8-20-11)16-14(17)12-6-2-3-7-13(12)15(18)19/h2-5,8,10,12-13H,6-7,9H2,1H3,(H,16,17)(H,18,19). The van der Waals surface area contributed by atoms with Gasteiger partial charge in [0.1, 0.15) is 0 Å². The lowest BCUT2D eigenvalue weighted by Crippen LogP contribution is -2.43. The number of carbonyl (C=O) groups excluding carboxylic acids is 1. The Morgan fingerprint density at radius 1 is 1.40 bits per heavy atom. The van der Waals surface area contributed by atoms with Gasteiger partial charge in [-0.2, -0.15) is 0 Å². The van der Waals surface area contributed by atoms with E-state index in [1.165, 1.54) is 4.88 Å². The molecule has 3 atom stereocenters. The van der Waals surface area contributed by atoms with Crippen molar-refractivity contribution in [2.24, 2.45) is 11.8 Å². The molecule has 0 fully saturated rings. The van der Waals surface area contributed by atoms with Crippen molar-refractivity contribution in [3.05, 3.63) is 34.5 Å². The van der Waals surface area contributed by atoms with Gasteiger partial charge in [0, 0.05) is 17.3 Å². The van der Waals surface area contributed by atoms with Gasteiger partial charge in [-0.15, -0.1) is 11.3 Å². The average Bonchev–Trinajstić information content (AvgIpc) is 2.91. The summed E-state index contributed by atoms with van der Waals surface area (Å²) in [4.78, 5) is 24.7. The molecule has 5 heteroatoms. The Labute approximate surface area is 122 Å². The third kappa shape index (κ3) is 3.70. The second kappa shape index (κ2) is 6.70. The highest BCUT2D eigenvalue weighted by Gasteiger charge is 2.34. The SMILES string of the molecule is CC(Cc1cccs1)NC(=O)C1CC=CCC1C(=O)O. The van der Waals surface area contributed by atoms with Crippen molar-refractivity contribution in [1.29, 1.82) is 0 Å². The van der Waals surface area contributed by atoms with Gasteiger partial charge >= 0.3 is 5.97 Å². The smallest absolute Gasteiger partial charge is 0.307 e. The molecule has 2 N–H and O–H groups in total. The highest BCUT2D eigenvalue weighted by Crippen LogP contribution is 2.26. The van der Waals surface area contributed by atoms with Gasteiger partial charge < -0.3 is 10.4 Å². The van der Waals surface area contributed by atoms with Crippen LogP contribution >= 0.6 is 11.3 Å². The predicted octanol–water partition coefficient (Wildman–Crippen LogP) is 2.46. The third-order valence-corrected chi connectivity index (χ3v) is 4.46. The minimum absolute atomic E-state index is 0.0153. The monoisotopic (exact) mass is 293 g/mol. The molecule has 20 heavy (non-hydrogen) atoms. The van der Waals surface area contributed by atoms with E-state index in [0.717, 1.165) is 6.42 Å². The quantitative estimate of drug-likeness (QED) is 0.820. The Hall–Kier alpha value is -1.62. The molecule has 0 saturated carbocycles. The number of hydrogen-bond acceptors (Lipinski definition) is 3. The van der Waals surface area contributed by atoms with E-state index in [4.69, 9.17) is 0 Å². The van der Waals surface area contributed by atoms with Crippen LogP contribution in [0.4, 0.5) is 0 Å². The van der Waals surface area contributed by atoms with Crippen LogP contribution in [-0.2, 0) is 16.0 Å². The number of carboxylic acid groups (broad SMARTS) is 1. The summed E-state index contributed by atoms with van der Waals surface area (Å²) >= 11 is 1.66. The maximum absolute atomic E-state index is 12.2. The van der Waals surface area contributed by atoms with Gasteiger partial charge in [-0.1, -0.05) is 18.2 Å². The number of amides is 1. The molecule has 2 rings (SSSR count). The zero-order chi connectivity index (χ0) is 14.5. The van der Waals surface area contributed by atoms with E-state index in [1.54, 1.807) is 11.3 Å². The molecule has 1 amide bonds. The minimum Gasteiger partial charge on any atom is -0.481 e. The van der Waals surface area contributed by atoms with Crippen LogP contribution in [0.1, 0.15) is 24.6 Å². The summed E-state index contributed by atoms with van der Waals surface area (Å²) < 4.78 is 0. The van der Waals surface area contributed by atoms with E-state index in [9.17, 15) is 14.7 Å². The third-order valence-electron chi connectivity index (χ3n) is 3.56. The molecule has 1 heterocycles. The Balaban J connectivity index is 1.93. The molecule has 108 valence electrons. The largest absolute Gasteiger partial charge is 0.481 e. The summed E-state index contributed by atoms with van der Waals surface area (Å²) in [6, 6.07) is 4.04. The van der Waals surface area contributed by atoms with Gasteiger partial charge in [-0.25, -0.2) is 0 Å². The maximum atomic E-state index is 12.2. The van der Waals surface area contributed by atoms with Gasteiger partial charge in [0.05, 0.1) is 11.8 Å². The minimum atomic E-state index is -0.889. The molecule has 1 aromatic rings. The number of rotatable bonds is 5. The molecule has 0 radical (unpaired) electrons. The van der Waals surface area contributed by atoms with Crippen LogP contribution in [-0.4, -0.2) is 23.0 Å². The van der Waals surface area contributed by atoms with Crippen LogP contribution in [0, 0.1) is 11.8 Å². The molecule has 0 saturated heterocycles. The average molecular weight is 293 g/mol. The van der Waals surface area contributed by atoms with Crippen molar-refractivity contribution < 1.29 is 14.7 Å². The fourth-order valence-corrected chi connectivity index (χ4v) is 3.34. The number of thiophene rings is 1. The van der Waals surface area contributed by atoms with E-state index in [2.05, 4.69) is 5.32 Å². The fraction of sp³-hybridized carbons (Fsp3) is 0.467. The first-order valence-electron chi connectivity index (χ1n) is 6.78. The summed E-state index contributed by atoms with van der Waals surface area (Å²) in [5.74, 6) is -2.09. The lowest BCUT2D eigenvalue weighted by molar-refractivity contribution is -0.147. The summed E-state index contributed by atoms with van der Waals surface area (Å²) in [7, 11) is 0. The van der Waals surface area contributed by atoms with Crippen molar-refractivity contribution in [2.75, 3.05) is 0 Å². The number of allylic oxidation sites excluding steroid dienone is 2. The number of nitrogens with one attached hydrogen (secondary N) is 1. The van der Waals surface area contributed by atoms with Crippen molar-refractivity contribution >= 4 is 23.2 Å². The first-order chi connectivity index (χ1) is 9.58. The van der Waals surface area contributed by atoms with E-state index in [0.29, 0.717) is 12.8 Å². The van der Waals surface area contributed by atoms with E-state index < -0.39 is 17.8 Å². The van der Waals surface area contributed by atoms with Crippen LogP contribution in [0.3, 0.4) is 0 Å². The van der Waals surface area contributed by atoms with Crippen molar-refractivity contribution in [3.63, 3.8) is 0 Å². The Bertz CT molecular complexity index is 495. The second-order valence-electron chi connectivity index (χ2n) is 5.19. The molecule has 0 spiro atoms. The molecule has 0 bridgehead atoms. The highest BCUT2D eigenvalue weighted by molar-refractivity contribution is 7.09. The molecule has 1 aliphatic carbocycles. The van der Waals surface area contributed by atoms with E-state index in [-0.39, 0.29) is 11.9 Å². The van der Waals surface area contributed by atoms with Gasteiger partial charge in [0.15, 0.2) is 0 Å². The maximum Gasteiger partial charge on any atom is 0.307 e. The summed E-state index contributed by atoms with van der Waals surface area (Å²) in [6.07, 6.45) is 5.47. The Morgan fingerprint density at radius 3 is 2.70 bits per heavy atom. The Morgan fingerprint density at radius 2 is 2.10 bits per heavy atom. The first kappa shape index (κ1) is 14.8. The normalized spacial score (nSPS) is 23.2. The zero-order valence-electron chi connectivity index (χ0n) is 11.4. The molecular formula is C15H19NO3S. The molecule has 1 aromatic heterocycles. The van der Waals surface area contributed by atoms with Crippen LogP contribution < -0.4 is 5.32 Å². The fourth-order valence-electron chi connectivity index (χ4n) is 2.51. The first-order valence-corrected chi connectivity index (χ1v) is 7.66. The molecule has 3 unspecified atom stereocenters. The zero-order valence-corrected chi connectivity index (χ0v) is 12.2. The van der Waals surface area contributed by atoms with Crippen molar-refractivity contribution in [1.82, 2.24) is 5.32 Å². The summed E-state index contributed by atoms with van der Waals surface area (Å²) in [5.41, 5.74) is 0. The number of aliphatic carboxylic acids is 1. The van der Waals surface area contributed by atoms with Crippen LogP contribution in [0.5, 0.6) is 0 Å². The van der Waals surface area contributed by atoms with Crippen LogP contribution in [0.2, 0.25) is 0 Å². The molecule has 0 aliphatic heterocycles. The van der Waals surface area contributed by atoms with Gasteiger partial charge in [-0.05, 0) is 31.2 Å².